The molecule has 2 aromatic heterocycles. The van der Waals surface area contributed by atoms with Gasteiger partial charge in [0.15, 0.2) is 11.5 Å². The first-order valence-corrected chi connectivity index (χ1v) is 7.14. The topological polar surface area (TPSA) is 63.0 Å². The van der Waals surface area contributed by atoms with Gasteiger partial charge >= 0.3 is 5.97 Å². The summed E-state index contributed by atoms with van der Waals surface area (Å²) >= 11 is 0. The zero-order chi connectivity index (χ0) is 14.8. The van der Waals surface area contributed by atoms with Crippen LogP contribution in [0.25, 0.3) is 5.65 Å². The van der Waals surface area contributed by atoms with Crippen molar-refractivity contribution in [2.45, 2.75) is 6.92 Å². The third kappa shape index (κ3) is 2.56. The van der Waals surface area contributed by atoms with E-state index in [2.05, 4.69) is 26.9 Å². The Balaban J connectivity index is 2.04. The number of likely N-dealkylation sites (N-methyl/N-ethyl adjacent to an activating group) is 1. The molecule has 1 saturated heterocycles. The van der Waals surface area contributed by atoms with Gasteiger partial charge < -0.3 is 14.5 Å². The highest BCUT2D eigenvalue weighted by Gasteiger charge is 2.27. The van der Waals surface area contributed by atoms with Crippen molar-refractivity contribution in [3.8, 4) is 0 Å². The molecule has 1 aliphatic heterocycles. The van der Waals surface area contributed by atoms with Crippen molar-refractivity contribution < 1.29 is 9.53 Å². The molecule has 7 heteroatoms. The number of hydrogen-bond donors (Lipinski definition) is 0. The number of rotatable bonds is 3. The molecule has 0 amide bonds. The van der Waals surface area contributed by atoms with Crippen molar-refractivity contribution in [1.29, 1.82) is 0 Å². The van der Waals surface area contributed by atoms with E-state index in [4.69, 9.17) is 4.74 Å². The summed E-state index contributed by atoms with van der Waals surface area (Å²) in [4.78, 5) is 21.0. The highest BCUT2D eigenvalue weighted by atomic mass is 16.5. The van der Waals surface area contributed by atoms with Gasteiger partial charge in [-0.25, -0.2) is 14.3 Å². The summed E-state index contributed by atoms with van der Waals surface area (Å²) < 4.78 is 6.82. The summed E-state index contributed by atoms with van der Waals surface area (Å²) in [6, 6.07) is 1.79. The molecule has 3 rings (SSSR count). The van der Waals surface area contributed by atoms with Gasteiger partial charge in [0.1, 0.15) is 5.56 Å². The van der Waals surface area contributed by atoms with Crippen LogP contribution in [0.2, 0.25) is 0 Å². The molecule has 1 fully saturated rings. The van der Waals surface area contributed by atoms with E-state index >= 15 is 0 Å². The molecule has 0 bridgehead atoms. The molecule has 1 aliphatic rings. The average Bonchev–Trinajstić information content (AvgIpc) is 2.87. The monoisotopic (exact) mass is 289 g/mol. The maximum absolute atomic E-state index is 12.3. The maximum Gasteiger partial charge on any atom is 0.345 e. The molecule has 0 spiro atoms. The molecule has 0 N–H and O–H groups in total. The predicted molar refractivity (Wildman–Crippen MR) is 78.7 cm³/mol. The minimum Gasteiger partial charge on any atom is -0.462 e. The van der Waals surface area contributed by atoms with Crippen molar-refractivity contribution in [2.75, 3.05) is 44.7 Å². The molecule has 2 aromatic rings. The van der Waals surface area contributed by atoms with Gasteiger partial charge in [0.25, 0.3) is 0 Å². The van der Waals surface area contributed by atoms with Crippen molar-refractivity contribution >= 4 is 17.4 Å². The summed E-state index contributed by atoms with van der Waals surface area (Å²) in [5, 5.41) is 4.53. The van der Waals surface area contributed by atoms with E-state index in [0.717, 1.165) is 26.2 Å². The summed E-state index contributed by atoms with van der Waals surface area (Å²) in [7, 11) is 2.09. The maximum atomic E-state index is 12.3. The number of ether oxygens (including phenoxy) is 1. The molecule has 3 heterocycles. The fraction of sp³-hybridized carbons (Fsp3) is 0.500. The first-order valence-electron chi connectivity index (χ1n) is 7.14. The van der Waals surface area contributed by atoms with Crippen LogP contribution >= 0.6 is 0 Å². The van der Waals surface area contributed by atoms with Gasteiger partial charge in [0.2, 0.25) is 0 Å². The van der Waals surface area contributed by atoms with Crippen LogP contribution in [0.1, 0.15) is 17.3 Å². The van der Waals surface area contributed by atoms with Gasteiger partial charge in [-0.05, 0) is 20.0 Å². The number of anilines is 1. The quantitative estimate of drug-likeness (QED) is 0.774. The molecule has 0 saturated carbocycles. The molecule has 0 atom stereocenters. The standard InChI is InChI=1S/C14H19N5O2/c1-3-21-14(20)11-12-15-5-4-6-19(12)16-13(11)18-9-7-17(2)8-10-18/h4-6H,3,7-10H2,1-2H3. The van der Waals surface area contributed by atoms with Gasteiger partial charge in [-0.2, -0.15) is 0 Å². The van der Waals surface area contributed by atoms with Crippen molar-refractivity contribution in [1.82, 2.24) is 19.5 Å². The van der Waals surface area contributed by atoms with Gasteiger partial charge in [0, 0.05) is 38.6 Å². The minimum absolute atomic E-state index is 0.338. The first-order chi connectivity index (χ1) is 10.2. The lowest BCUT2D eigenvalue weighted by Crippen LogP contribution is -2.45. The Morgan fingerprint density at radius 1 is 1.33 bits per heavy atom. The van der Waals surface area contributed by atoms with Gasteiger partial charge in [-0.1, -0.05) is 0 Å². The minimum atomic E-state index is -0.361. The fourth-order valence-corrected chi connectivity index (χ4v) is 2.50. The molecule has 112 valence electrons. The molecular formula is C14H19N5O2. The normalized spacial score (nSPS) is 16.4. The van der Waals surface area contributed by atoms with Gasteiger partial charge in [-0.3, -0.25) is 0 Å². The third-order valence-electron chi connectivity index (χ3n) is 3.66. The molecular weight excluding hydrogens is 270 g/mol. The molecule has 0 aliphatic carbocycles. The Morgan fingerprint density at radius 3 is 2.81 bits per heavy atom. The number of esters is 1. The Kier molecular flexibility index (Phi) is 3.74. The van der Waals surface area contributed by atoms with Crippen LogP contribution in [0.3, 0.4) is 0 Å². The molecule has 0 unspecified atom stereocenters. The van der Waals surface area contributed by atoms with Crippen LogP contribution in [-0.2, 0) is 4.74 Å². The molecule has 0 radical (unpaired) electrons. The average molecular weight is 289 g/mol. The van der Waals surface area contributed by atoms with Gasteiger partial charge in [-0.15, -0.1) is 5.10 Å². The first kappa shape index (κ1) is 13.8. The van der Waals surface area contributed by atoms with Crippen LogP contribution in [0.5, 0.6) is 0 Å². The number of fused-ring (bicyclic) bond motifs is 1. The summed E-state index contributed by atoms with van der Waals surface area (Å²) in [6.07, 6.45) is 3.46. The second kappa shape index (κ2) is 5.69. The van der Waals surface area contributed by atoms with Crippen LogP contribution in [-0.4, -0.2) is 65.3 Å². The summed E-state index contributed by atoms with van der Waals surface area (Å²) in [6.45, 7) is 5.71. The van der Waals surface area contributed by atoms with E-state index in [9.17, 15) is 4.79 Å². The number of aromatic nitrogens is 3. The Morgan fingerprint density at radius 2 is 2.10 bits per heavy atom. The lowest BCUT2D eigenvalue weighted by Gasteiger charge is -2.32. The van der Waals surface area contributed by atoms with Gasteiger partial charge in [0.05, 0.1) is 6.61 Å². The number of hydrogen-bond acceptors (Lipinski definition) is 6. The second-order valence-electron chi connectivity index (χ2n) is 5.10. The number of carbonyl (C=O) groups is 1. The zero-order valence-electron chi connectivity index (χ0n) is 12.3. The lowest BCUT2D eigenvalue weighted by atomic mass is 10.2. The summed E-state index contributed by atoms with van der Waals surface area (Å²) in [5.41, 5.74) is 1.01. The smallest absolute Gasteiger partial charge is 0.345 e. The zero-order valence-corrected chi connectivity index (χ0v) is 12.3. The van der Waals surface area contributed by atoms with Crippen molar-refractivity contribution in [2.24, 2.45) is 0 Å². The van der Waals surface area contributed by atoms with E-state index < -0.39 is 0 Å². The van der Waals surface area contributed by atoms with Crippen LogP contribution in [0.4, 0.5) is 5.82 Å². The summed E-state index contributed by atoms with van der Waals surface area (Å²) in [5.74, 6) is 0.306. The highest BCUT2D eigenvalue weighted by Crippen LogP contribution is 2.24. The van der Waals surface area contributed by atoms with Crippen LogP contribution in [0.15, 0.2) is 18.5 Å². The van der Waals surface area contributed by atoms with Crippen molar-refractivity contribution in [3.63, 3.8) is 0 Å². The predicted octanol–water partition coefficient (Wildman–Crippen LogP) is 0.658. The SMILES string of the molecule is CCOC(=O)c1c(N2CCN(C)CC2)nn2cccnc12. The lowest BCUT2D eigenvalue weighted by molar-refractivity contribution is 0.0529. The Bertz CT molecular complexity index is 646. The second-order valence-corrected chi connectivity index (χ2v) is 5.10. The highest BCUT2D eigenvalue weighted by molar-refractivity contribution is 6.01. The fourth-order valence-electron chi connectivity index (χ4n) is 2.50. The van der Waals surface area contributed by atoms with E-state index in [1.54, 1.807) is 29.9 Å². The Hall–Kier alpha value is -2.15. The number of nitrogens with zero attached hydrogens (tertiary/aromatic N) is 5. The van der Waals surface area contributed by atoms with Crippen molar-refractivity contribution in [3.05, 3.63) is 24.0 Å². The number of piperazine rings is 1. The number of carbonyl (C=O) groups excluding carboxylic acids is 1. The molecule has 7 nitrogen and oxygen atoms in total. The largest absolute Gasteiger partial charge is 0.462 e. The van der Waals surface area contributed by atoms with Crippen LogP contribution in [0, 0.1) is 0 Å². The molecule has 0 aromatic carbocycles. The Labute approximate surface area is 123 Å². The van der Waals surface area contributed by atoms with E-state index in [-0.39, 0.29) is 5.97 Å². The third-order valence-corrected chi connectivity index (χ3v) is 3.66. The van der Waals surface area contributed by atoms with E-state index in [0.29, 0.717) is 23.6 Å². The van der Waals surface area contributed by atoms with E-state index in [1.807, 2.05) is 0 Å². The van der Waals surface area contributed by atoms with E-state index in [1.165, 1.54) is 0 Å². The van der Waals surface area contributed by atoms with Crippen LogP contribution < -0.4 is 4.90 Å². The molecule has 21 heavy (non-hydrogen) atoms.